The molecule has 1 atom stereocenters. The zero-order valence-corrected chi connectivity index (χ0v) is 9.23. The summed E-state index contributed by atoms with van der Waals surface area (Å²) in [5.74, 6) is 0.984. The number of piperazine rings is 1. The third-order valence-corrected chi connectivity index (χ3v) is 3.30. The summed E-state index contributed by atoms with van der Waals surface area (Å²) >= 11 is 0. The molecule has 2 N–H and O–H groups in total. The van der Waals surface area contributed by atoms with E-state index in [9.17, 15) is 0 Å². The second-order valence-corrected chi connectivity index (χ2v) is 4.78. The topological polar surface area (TPSA) is 56.3 Å². The van der Waals surface area contributed by atoms with Gasteiger partial charge in [-0.3, -0.25) is 4.90 Å². The van der Waals surface area contributed by atoms with Crippen molar-refractivity contribution in [2.45, 2.75) is 18.9 Å². The van der Waals surface area contributed by atoms with E-state index in [1.807, 2.05) is 0 Å². The van der Waals surface area contributed by atoms with E-state index in [2.05, 4.69) is 15.9 Å². The van der Waals surface area contributed by atoms with Crippen molar-refractivity contribution in [1.29, 1.82) is 5.26 Å². The van der Waals surface area contributed by atoms with Gasteiger partial charge in [-0.25, -0.2) is 0 Å². The number of nitriles is 1. The van der Waals surface area contributed by atoms with Crippen molar-refractivity contribution in [3.8, 4) is 6.07 Å². The maximum absolute atomic E-state index is 8.63. The summed E-state index contributed by atoms with van der Waals surface area (Å²) in [5.41, 5.74) is 5.61. The molecule has 1 saturated heterocycles. The second kappa shape index (κ2) is 4.93. The quantitative estimate of drug-likeness (QED) is 0.699. The first-order chi connectivity index (χ1) is 7.28. The Morgan fingerprint density at radius 2 is 1.80 bits per heavy atom. The van der Waals surface area contributed by atoms with E-state index in [4.69, 9.17) is 11.0 Å². The van der Waals surface area contributed by atoms with Crippen LogP contribution in [0, 0.1) is 17.2 Å². The number of hydrogen-bond donors (Lipinski definition) is 1. The highest BCUT2D eigenvalue weighted by Crippen LogP contribution is 2.29. The molecule has 1 aliphatic carbocycles. The highest BCUT2D eigenvalue weighted by Gasteiger charge is 2.26. The lowest BCUT2D eigenvalue weighted by Gasteiger charge is -2.35. The van der Waals surface area contributed by atoms with Crippen molar-refractivity contribution in [1.82, 2.24) is 9.80 Å². The summed E-state index contributed by atoms with van der Waals surface area (Å²) in [7, 11) is 0. The van der Waals surface area contributed by atoms with E-state index in [1.54, 1.807) is 0 Å². The van der Waals surface area contributed by atoms with Crippen molar-refractivity contribution >= 4 is 0 Å². The normalized spacial score (nSPS) is 26.1. The Morgan fingerprint density at radius 3 is 2.33 bits per heavy atom. The molecule has 0 spiro atoms. The van der Waals surface area contributed by atoms with Crippen molar-refractivity contribution < 1.29 is 0 Å². The third-order valence-electron chi connectivity index (χ3n) is 3.30. The summed E-state index contributed by atoms with van der Waals surface area (Å²) in [5, 5.41) is 8.63. The van der Waals surface area contributed by atoms with Gasteiger partial charge in [0, 0.05) is 39.3 Å². The first kappa shape index (κ1) is 10.9. The highest BCUT2D eigenvalue weighted by molar-refractivity contribution is 4.90. The average Bonchev–Trinajstić information content (AvgIpc) is 3.05. The SMILES string of the molecule is N#CC(N)CN1CCN(CC2CC2)CC1. The number of rotatable bonds is 4. The van der Waals surface area contributed by atoms with E-state index in [0.29, 0.717) is 0 Å². The fourth-order valence-electron chi connectivity index (χ4n) is 2.14. The van der Waals surface area contributed by atoms with Crippen molar-refractivity contribution in [3.63, 3.8) is 0 Å². The number of nitrogens with two attached hydrogens (primary N) is 1. The molecule has 2 aliphatic rings. The molecule has 1 heterocycles. The molecule has 1 saturated carbocycles. The summed E-state index contributed by atoms with van der Waals surface area (Å²) < 4.78 is 0. The van der Waals surface area contributed by atoms with Crippen LogP contribution in [-0.4, -0.2) is 55.1 Å². The molecule has 0 bridgehead atoms. The van der Waals surface area contributed by atoms with Crippen LogP contribution < -0.4 is 5.73 Å². The minimum atomic E-state index is -0.319. The van der Waals surface area contributed by atoms with Crippen LogP contribution in [-0.2, 0) is 0 Å². The Hall–Kier alpha value is -0.630. The minimum absolute atomic E-state index is 0.319. The molecule has 0 aromatic rings. The van der Waals surface area contributed by atoms with Crippen LogP contribution in [0.5, 0.6) is 0 Å². The fraction of sp³-hybridized carbons (Fsp3) is 0.909. The van der Waals surface area contributed by atoms with Gasteiger partial charge in [0.2, 0.25) is 0 Å². The molecule has 4 nitrogen and oxygen atoms in total. The lowest BCUT2D eigenvalue weighted by molar-refractivity contribution is 0.127. The van der Waals surface area contributed by atoms with Gasteiger partial charge >= 0.3 is 0 Å². The summed E-state index contributed by atoms with van der Waals surface area (Å²) in [6.45, 7) is 6.46. The molecule has 0 amide bonds. The molecule has 84 valence electrons. The number of nitrogens with zero attached hydrogens (tertiary/aromatic N) is 3. The van der Waals surface area contributed by atoms with Crippen molar-refractivity contribution in [3.05, 3.63) is 0 Å². The predicted octanol–water partition coefficient (Wildman–Crippen LogP) is -0.135. The van der Waals surface area contributed by atoms with Crippen molar-refractivity contribution in [2.24, 2.45) is 11.7 Å². The lowest BCUT2D eigenvalue weighted by Crippen LogP contribution is -2.49. The maximum Gasteiger partial charge on any atom is 0.106 e. The van der Waals surface area contributed by atoms with Gasteiger partial charge < -0.3 is 10.6 Å². The van der Waals surface area contributed by atoms with Gasteiger partial charge in [-0.1, -0.05) is 0 Å². The standard InChI is InChI=1S/C11H20N4/c12-7-11(13)9-15-5-3-14(4-6-15)8-10-1-2-10/h10-11H,1-6,8-9,13H2. The molecule has 1 unspecified atom stereocenters. The maximum atomic E-state index is 8.63. The van der Waals surface area contributed by atoms with Gasteiger partial charge in [0.25, 0.3) is 0 Å². The van der Waals surface area contributed by atoms with Crippen LogP contribution >= 0.6 is 0 Å². The fourth-order valence-corrected chi connectivity index (χ4v) is 2.14. The lowest BCUT2D eigenvalue weighted by atomic mass is 10.2. The van der Waals surface area contributed by atoms with Gasteiger partial charge in [0.1, 0.15) is 6.04 Å². The van der Waals surface area contributed by atoms with Crippen LogP contribution in [0.4, 0.5) is 0 Å². The second-order valence-electron chi connectivity index (χ2n) is 4.78. The van der Waals surface area contributed by atoms with E-state index >= 15 is 0 Å². The van der Waals surface area contributed by atoms with Crippen LogP contribution in [0.3, 0.4) is 0 Å². The summed E-state index contributed by atoms with van der Waals surface area (Å²) in [6, 6.07) is 1.77. The van der Waals surface area contributed by atoms with Gasteiger partial charge in [-0.2, -0.15) is 5.26 Å². The summed E-state index contributed by atoms with van der Waals surface area (Å²) in [4.78, 5) is 4.85. The summed E-state index contributed by atoms with van der Waals surface area (Å²) in [6.07, 6.45) is 2.86. The largest absolute Gasteiger partial charge is 0.315 e. The molecular weight excluding hydrogens is 188 g/mol. The average molecular weight is 208 g/mol. The molecule has 1 aliphatic heterocycles. The van der Waals surface area contributed by atoms with Crippen LogP contribution in [0.25, 0.3) is 0 Å². The zero-order chi connectivity index (χ0) is 10.7. The first-order valence-corrected chi connectivity index (χ1v) is 5.88. The third kappa shape index (κ3) is 3.45. The zero-order valence-electron chi connectivity index (χ0n) is 9.23. The Balaban J connectivity index is 1.65. The first-order valence-electron chi connectivity index (χ1n) is 5.88. The predicted molar refractivity (Wildman–Crippen MR) is 59.2 cm³/mol. The monoisotopic (exact) mass is 208 g/mol. The molecule has 4 heteroatoms. The van der Waals surface area contributed by atoms with Gasteiger partial charge in [0.15, 0.2) is 0 Å². The van der Waals surface area contributed by atoms with Gasteiger partial charge in [-0.05, 0) is 18.8 Å². The molecule has 0 aromatic heterocycles. The van der Waals surface area contributed by atoms with Crippen molar-refractivity contribution in [2.75, 3.05) is 39.3 Å². The Bertz CT molecular complexity index is 235. The molecule has 0 aromatic carbocycles. The Labute approximate surface area is 91.6 Å². The van der Waals surface area contributed by atoms with Crippen LogP contribution in [0.1, 0.15) is 12.8 Å². The Kier molecular flexibility index (Phi) is 3.57. The molecule has 0 radical (unpaired) electrons. The van der Waals surface area contributed by atoms with E-state index < -0.39 is 0 Å². The van der Waals surface area contributed by atoms with Gasteiger partial charge in [0.05, 0.1) is 6.07 Å². The van der Waals surface area contributed by atoms with E-state index in [0.717, 1.165) is 38.6 Å². The Morgan fingerprint density at radius 1 is 1.20 bits per heavy atom. The van der Waals surface area contributed by atoms with Crippen LogP contribution in [0.2, 0.25) is 0 Å². The highest BCUT2D eigenvalue weighted by atomic mass is 15.3. The van der Waals surface area contributed by atoms with E-state index in [-0.39, 0.29) is 6.04 Å². The molecule has 2 fully saturated rings. The number of hydrogen-bond acceptors (Lipinski definition) is 4. The molecule has 2 rings (SSSR count). The smallest absolute Gasteiger partial charge is 0.106 e. The van der Waals surface area contributed by atoms with Gasteiger partial charge in [-0.15, -0.1) is 0 Å². The van der Waals surface area contributed by atoms with E-state index in [1.165, 1.54) is 19.4 Å². The van der Waals surface area contributed by atoms with Crippen LogP contribution in [0.15, 0.2) is 0 Å². The molecule has 15 heavy (non-hydrogen) atoms. The minimum Gasteiger partial charge on any atom is -0.315 e. The molecular formula is C11H20N4.